The van der Waals surface area contributed by atoms with Crippen molar-refractivity contribution in [2.45, 2.75) is 64.5 Å². The van der Waals surface area contributed by atoms with Crippen LogP contribution in [-0.4, -0.2) is 82.7 Å². The topological polar surface area (TPSA) is 44.6 Å². The van der Waals surface area contributed by atoms with Crippen molar-refractivity contribution in [3.05, 3.63) is 52.8 Å². The number of aryl methyl sites for hydroxylation is 1. The largest absolute Gasteiger partial charge is 0.336 e. The third kappa shape index (κ3) is 5.08. The van der Waals surface area contributed by atoms with Crippen molar-refractivity contribution in [2.75, 3.05) is 46.3 Å². The predicted molar refractivity (Wildman–Crippen MR) is 136 cm³/mol. The van der Waals surface area contributed by atoms with Gasteiger partial charge >= 0.3 is 0 Å². The summed E-state index contributed by atoms with van der Waals surface area (Å²) in [7, 11) is 2.15. The first-order chi connectivity index (χ1) is 16.6. The van der Waals surface area contributed by atoms with Crippen LogP contribution in [0.2, 0.25) is 0 Å². The van der Waals surface area contributed by atoms with E-state index in [0.717, 1.165) is 63.6 Å². The Labute approximate surface area is 204 Å². The molecule has 1 unspecified atom stereocenters. The van der Waals surface area contributed by atoms with Gasteiger partial charge in [0.1, 0.15) is 0 Å². The molecule has 1 aliphatic carbocycles. The van der Waals surface area contributed by atoms with Gasteiger partial charge < -0.3 is 14.7 Å². The van der Waals surface area contributed by atoms with E-state index in [-0.39, 0.29) is 5.91 Å². The second kappa shape index (κ2) is 10.6. The molecule has 2 aliphatic heterocycles. The van der Waals surface area contributed by atoms with E-state index in [4.69, 9.17) is 5.10 Å². The quantitative estimate of drug-likeness (QED) is 0.681. The number of hydrogen-bond donors (Lipinski definition) is 0. The minimum atomic E-state index is 0.154. The Bertz CT molecular complexity index is 963. The van der Waals surface area contributed by atoms with Crippen molar-refractivity contribution in [3.8, 4) is 0 Å². The summed E-state index contributed by atoms with van der Waals surface area (Å²) in [6.07, 6.45) is 8.01. The summed E-state index contributed by atoms with van der Waals surface area (Å²) in [5, 5.41) is 4.87. The van der Waals surface area contributed by atoms with Gasteiger partial charge in [-0.15, -0.1) is 0 Å². The molecule has 34 heavy (non-hydrogen) atoms. The fourth-order valence-corrected chi connectivity index (χ4v) is 6.28. The highest BCUT2D eigenvalue weighted by Crippen LogP contribution is 2.31. The highest BCUT2D eigenvalue weighted by Gasteiger charge is 2.34. The molecule has 5 rings (SSSR count). The van der Waals surface area contributed by atoms with Crippen LogP contribution in [0.15, 0.2) is 30.3 Å². The Kier molecular flexibility index (Phi) is 7.35. The molecule has 1 atom stereocenters. The highest BCUT2D eigenvalue weighted by atomic mass is 16.2. The second-order valence-corrected chi connectivity index (χ2v) is 10.6. The maximum Gasteiger partial charge on any atom is 0.274 e. The molecule has 184 valence electrons. The van der Waals surface area contributed by atoms with Gasteiger partial charge in [-0.1, -0.05) is 30.3 Å². The smallest absolute Gasteiger partial charge is 0.274 e. The molecule has 2 aromatic rings. The van der Waals surface area contributed by atoms with Crippen LogP contribution in [0, 0.1) is 5.92 Å². The maximum absolute atomic E-state index is 13.6. The summed E-state index contributed by atoms with van der Waals surface area (Å²) in [5.41, 5.74) is 4.77. The fourth-order valence-electron chi connectivity index (χ4n) is 6.28. The molecular formula is C28H41N5O. The van der Waals surface area contributed by atoms with Gasteiger partial charge in [0.25, 0.3) is 5.91 Å². The van der Waals surface area contributed by atoms with Crippen LogP contribution in [0.25, 0.3) is 0 Å². The van der Waals surface area contributed by atoms with E-state index in [2.05, 4.69) is 58.8 Å². The predicted octanol–water partition coefficient (Wildman–Crippen LogP) is 3.49. The molecule has 2 saturated heterocycles. The van der Waals surface area contributed by atoms with E-state index >= 15 is 0 Å². The molecule has 2 fully saturated rings. The zero-order valence-corrected chi connectivity index (χ0v) is 21.1. The van der Waals surface area contributed by atoms with Gasteiger partial charge in [-0.05, 0) is 90.0 Å². The molecule has 1 aromatic heterocycles. The van der Waals surface area contributed by atoms with E-state index in [1.54, 1.807) is 0 Å². The van der Waals surface area contributed by atoms with Gasteiger partial charge in [0.05, 0.1) is 0 Å². The number of amides is 1. The van der Waals surface area contributed by atoms with Crippen LogP contribution in [0.3, 0.4) is 0 Å². The number of benzene rings is 1. The Morgan fingerprint density at radius 1 is 1.00 bits per heavy atom. The summed E-state index contributed by atoms with van der Waals surface area (Å²) in [6, 6.07) is 11.5. The number of likely N-dealkylation sites (tertiary alicyclic amines) is 1. The van der Waals surface area contributed by atoms with Crippen LogP contribution in [-0.2, 0) is 25.8 Å². The average molecular weight is 464 g/mol. The number of nitrogens with zero attached hydrogens (tertiary/aromatic N) is 5. The lowest BCUT2D eigenvalue weighted by Gasteiger charge is -2.39. The van der Waals surface area contributed by atoms with Crippen LogP contribution in [0.5, 0.6) is 0 Å². The van der Waals surface area contributed by atoms with E-state index < -0.39 is 0 Å². The summed E-state index contributed by atoms with van der Waals surface area (Å²) in [6.45, 7) is 9.01. The van der Waals surface area contributed by atoms with Crippen LogP contribution in [0.1, 0.15) is 59.9 Å². The zero-order chi connectivity index (χ0) is 23.5. The molecule has 0 radical (unpaired) electrons. The van der Waals surface area contributed by atoms with Crippen molar-refractivity contribution in [2.24, 2.45) is 5.92 Å². The first-order valence-electron chi connectivity index (χ1n) is 13.5. The zero-order valence-electron chi connectivity index (χ0n) is 21.1. The lowest BCUT2D eigenvalue weighted by atomic mass is 9.86. The third-order valence-corrected chi connectivity index (χ3v) is 8.36. The number of fused-ring (bicyclic) bond motifs is 1. The molecule has 0 spiro atoms. The molecule has 1 aromatic carbocycles. The minimum absolute atomic E-state index is 0.154. The molecule has 3 aliphatic rings. The summed E-state index contributed by atoms with van der Waals surface area (Å²) < 4.78 is 2.11. The molecule has 0 saturated carbocycles. The maximum atomic E-state index is 13.6. The van der Waals surface area contributed by atoms with Gasteiger partial charge in [-0.25, -0.2) is 0 Å². The molecule has 1 amide bonds. The van der Waals surface area contributed by atoms with Gasteiger partial charge in [0.2, 0.25) is 0 Å². The Morgan fingerprint density at radius 2 is 1.79 bits per heavy atom. The van der Waals surface area contributed by atoms with Crippen LogP contribution < -0.4 is 0 Å². The molecule has 0 bridgehead atoms. The van der Waals surface area contributed by atoms with Crippen molar-refractivity contribution in [1.29, 1.82) is 0 Å². The molecule has 6 nitrogen and oxygen atoms in total. The summed E-state index contributed by atoms with van der Waals surface area (Å²) in [4.78, 5) is 20.7. The minimum Gasteiger partial charge on any atom is -0.336 e. The fraction of sp³-hybridized carbons (Fsp3) is 0.643. The number of aromatic nitrogens is 2. The van der Waals surface area contributed by atoms with Crippen molar-refractivity contribution < 1.29 is 4.79 Å². The van der Waals surface area contributed by atoms with Gasteiger partial charge in [0, 0.05) is 43.5 Å². The number of carbonyl (C=O) groups is 1. The molecule has 6 heteroatoms. The molecule has 3 heterocycles. The van der Waals surface area contributed by atoms with E-state index in [0.29, 0.717) is 6.04 Å². The lowest BCUT2D eigenvalue weighted by molar-refractivity contribution is 0.0753. The second-order valence-electron chi connectivity index (χ2n) is 10.6. The summed E-state index contributed by atoms with van der Waals surface area (Å²) >= 11 is 0. The van der Waals surface area contributed by atoms with E-state index in [1.807, 2.05) is 4.90 Å². The van der Waals surface area contributed by atoms with E-state index in [1.165, 1.54) is 55.6 Å². The van der Waals surface area contributed by atoms with Crippen molar-refractivity contribution >= 4 is 5.91 Å². The average Bonchev–Trinajstić information content (AvgIpc) is 3.10. The Morgan fingerprint density at radius 3 is 2.56 bits per heavy atom. The molecular weight excluding hydrogens is 422 g/mol. The third-order valence-electron chi connectivity index (χ3n) is 8.36. The van der Waals surface area contributed by atoms with Crippen LogP contribution in [0.4, 0.5) is 0 Å². The highest BCUT2D eigenvalue weighted by molar-refractivity contribution is 5.94. The normalized spacial score (nSPS) is 23.0. The van der Waals surface area contributed by atoms with Crippen LogP contribution >= 0.6 is 0 Å². The van der Waals surface area contributed by atoms with Gasteiger partial charge in [-0.3, -0.25) is 9.48 Å². The summed E-state index contributed by atoms with van der Waals surface area (Å²) in [5.74, 6) is 0.944. The first kappa shape index (κ1) is 23.6. The SMILES string of the molecule is CCn1nc(C(=O)N2CCCN(C)CC2)c2c1CCC(N1CCC(Cc3ccccc3)CC1)C2. The number of hydrogen-bond acceptors (Lipinski definition) is 4. The van der Waals surface area contributed by atoms with Crippen molar-refractivity contribution in [1.82, 2.24) is 24.5 Å². The monoisotopic (exact) mass is 463 g/mol. The van der Waals surface area contributed by atoms with Crippen molar-refractivity contribution in [3.63, 3.8) is 0 Å². The van der Waals surface area contributed by atoms with Gasteiger partial charge in [0.15, 0.2) is 5.69 Å². The number of rotatable bonds is 5. The number of carbonyl (C=O) groups excluding carboxylic acids is 1. The van der Waals surface area contributed by atoms with Gasteiger partial charge in [-0.2, -0.15) is 5.10 Å². The first-order valence-corrected chi connectivity index (χ1v) is 13.5. The molecule has 0 N–H and O–H groups in total. The number of likely N-dealkylation sites (N-methyl/N-ethyl adjacent to an activating group) is 1. The Hall–Kier alpha value is -2.18. The Balaban J connectivity index is 1.25. The number of piperidine rings is 1. The standard InChI is InChI=1S/C28H41N5O/c1-3-33-26-11-10-24(31-16-12-23(13-17-31)20-22-8-5-4-6-9-22)21-25(26)27(29-33)28(34)32-15-7-14-30(2)18-19-32/h4-6,8-9,23-24H,3,7,10-21H2,1-2H3. The lowest BCUT2D eigenvalue weighted by Crippen LogP contribution is -2.44. The van der Waals surface area contributed by atoms with E-state index in [9.17, 15) is 4.79 Å².